The van der Waals surface area contributed by atoms with Gasteiger partial charge in [-0.2, -0.15) is 0 Å². The van der Waals surface area contributed by atoms with Gasteiger partial charge in [-0.05, 0) is 51.6 Å². The summed E-state index contributed by atoms with van der Waals surface area (Å²) in [5, 5.41) is 14.1. The first-order valence-corrected chi connectivity index (χ1v) is 8.31. The van der Waals surface area contributed by atoms with Crippen LogP contribution >= 0.6 is 11.8 Å². The number of aromatic nitrogens is 2. The van der Waals surface area contributed by atoms with E-state index in [0.717, 1.165) is 34.4 Å². The molecule has 1 atom stereocenters. The number of nitrogens with zero attached hydrogens (tertiary/aromatic N) is 2. The van der Waals surface area contributed by atoms with Gasteiger partial charge in [0, 0.05) is 17.1 Å². The van der Waals surface area contributed by atoms with E-state index in [1.165, 1.54) is 12.8 Å². The highest BCUT2D eigenvalue weighted by Gasteiger charge is 2.44. The Morgan fingerprint density at radius 2 is 1.85 bits per heavy atom. The summed E-state index contributed by atoms with van der Waals surface area (Å²) in [5.41, 5.74) is 3.08. The van der Waals surface area contributed by atoms with Crippen LogP contribution in [0.4, 0.5) is 0 Å². The average Bonchev–Trinajstić information content (AvgIpc) is 3.25. The first-order chi connectivity index (χ1) is 9.52. The minimum atomic E-state index is -0.171. The third-order valence-corrected chi connectivity index (χ3v) is 5.34. The fourth-order valence-corrected chi connectivity index (χ4v) is 3.75. The van der Waals surface area contributed by atoms with Crippen LogP contribution in [-0.4, -0.2) is 39.5 Å². The molecule has 1 aliphatic rings. The molecule has 1 saturated carbocycles. The van der Waals surface area contributed by atoms with Crippen molar-refractivity contribution in [3.05, 3.63) is 17.0 Å². The van der Waals surface area contributed by atoms with E-state index in [2.05, 4.69) is 29.1 Å². The van der Waals surface area contributed by atoms with Gasteiger partial charge >= 0.3 is 0 Å². The second kappa shape index (κ2) is 6.41. The lowest BCUT2D eigenvalue weighted by atomic mass is 9.97. The monoisotopic (exact) mass is 295 g/mol. The third-order valence-electron chi connectivity index (χ3n) is 4.24. The average molecular weight is 295 g/mol. The van der Waals surface area contributed by atoms with Gasteiger partial charge in [-0.1, -0.05) is 18.7 Å². The van der Waals surface area contributed by atoms with Crippen molar-refractivity contribution < 1.29 is 5.11 Å². The summed E-state index contributed by atoms with van der Waals surface area (Å²) in [6.07, 6.45) is 2.42. The number of aliphatic hydroxyl groups is 1. The van der Waals surface area contributed by atoms with Gasteiger partial charge in [0.05, 0.1) is 12.1 Å². The van der Waals surface area contributed by atoms with E-state index in [-0.39, 0.29) is 12.1 Å². The Morgan fingerprint density at radius 1 is 1.25 bits per heavy atom. The summed E-state index contributed by atoms with van der Waals surface area (Å²) < 4.78 is 0. The second-order valence-corrected chi connectivity index (χ2v) is 6.65. The molecule has 1 fully saturated rings. The quantitative estimate of drug-likeness (QED) is 0.597. The van der Waals surface area contributed by atoms with Gasteiger partial charge in [0.1, 0.15) is 0 Å². The SMILES string of the molecule is CCNC(CO)(CSc1nc(C)c(C)c(C)n1)C1CC1. The smallest absolute Gasteiger partial charge is 0.188 e. The molecule has 1 unspecified atom stereocenters. The van der Waals surface area contributed by atoms with E-state index in [1.807, 2.05) is 13.8 Å². The Labute approximate surface area is 125 Å². The molecule has 1 aliphatic carbocycles. The number of rotatable bonds is 7. The summed E-state index contributed by atoms with van der Waals surface area (Å²) in [6.45, 7) is 9.26. The van der Waals surface area contributed by atoms with E-state index in [9.17, 15) is 5.11 Å². The zero-order valence-corrected chi connectivity index (χ0v) is 13.7. The molecule has 0 aliphatic heterocycles. The van der Waals surface area contributed by atoms with Gasteiger partial charge in [-0.3, -0.25) is 0 Å². The minimum absolute atomic E-state index is 0.171. The molecule has 112 valence electrons. The van der Waals surface area contributed by atoms with Crippen LogP contribution in [0.2, 0.25) is 0 Å². The molecule has 1 heterocycles. The summed E-state index contributed by atoms with van der Waals surface area (Å²) in [6, 6.07) is 0. The molecular weight excluding hydrogens is 270 g/mol. The molecule has 1 aromatic heterocycles. The van der Waals surface area contributed by atoms with E-state index in [0.29, 0.717) is 5.92 Å². The number of hydrogen-bond donors (Lipinski definition) is 2. The molecule has 0 aromatic carbocycles. The van der Waals surface area contributed by atoms with Crippen molar-refractivity contribution in [3.63, 3.8) is 0 Å². The maximum atomic E-state index is 9.83. The molecule has 20 heavy (non-hydrogen) atoms. The van der Waals surface area contributed by atoms with Gasteiger partial charge in [-0.15, -0.1) is 0 Å². The van der Waals surface area contributed by atoms with Crippen LogP contribution in [0.1, 0.15) is 36.7 Å². The number of nitrogens with one attached hydrogen (secondary N) is 1. The van der Waals surface area contributed by atoms with E-state index >= 15 is 0 Å². The van der Waals surface area contributed by atoms with Gasteiger partial charge in [0.25, 0.3) is 0 Å². The Bertz CT molecular complexity index is 453. The lowest BCUT2D eigenvalue weighted by Gasteiger charge is -2.32. The number of aryl methyl sites for hydroxylation is 2. The highest BCUT2D eigenvalue weighted by Crippen LogP contribution is 2.41. The summed E-state index contributed by atoms with van der Waals surface area (Å²) >= 11 is 1.65. The zero-order valence-electron chi connectivity index (χ0n) is 12.9. The van der Waals surface area contributed by atoms with Crippen LogP contribution in [0, 0.1) is 26.7 Å². The minimum Gasteiger partial charge on any atom is -0.394 e. The fraction of sp³-hybridized carbons (Fsp3) is 0.733. The number of thioether (sulfide) groups is 1. The number of hydrogen-bond acceptors (Lipinski definition) is 5. The molecule has 0 amide bonds. The maximum absolute atomic E-state index is 9.83. The van der Waals surface area contributed by atoms with Crippen molar-refractivity contribution in [1.29, 1.82) is 0 Å². The third kappa shape index (κ3) is 3.32. The van der Waals surface area contributed by atoms with Crippen molar-refractivity contribution in [2.24, 2.45) is 5.92 Å². The second-order valence-electron chi connectivity index (χ2n) is 5.71. The summed E-state index contributed by atoms with van der Waals surface area (Å²) in [5.74, 6) is 1.41. The van der Waals surface area contributed by atoms with Gasteiger partial charge in [-0.25, -0.2) is 9.97 Å². The van der Waals surface area contributed by atoms with Crippen molar-refractivity contribution >= 4 is 11.8 Å². The summed E-state index contributed by atoms with van der Waals surface area (Å²) in [7, 11) is 0. The standard InChI is InChI=1S/C15H25N3OS/c1-5-16-15(8-19,13-6-7-13)9-20-14-17-11(3)10(2)12(4)18-14/h13,16,19H,5-9H2,1-4H3. The van der Waals surface area contributed by atoms with Crippen molar-refractivity contribution in [2.45, 2.75) is 51.2 Å². The first-order valence-electron chi connectivity index (χ1n) is 7.33. The van der Waals surface area contributed by atoms with Crippen LogP contribution in [-0.2, 0) is 0 Å². The van der Waals surface area contributed by atoms with Gasteiger partial charge in [0.15, 0.2) is 5.16 Å². The number of likely N-dealkylation sites (N-methyl/N-ethyl adjacent to an activating group) is 1. The molecular formula is C15H25N3OS. The zero-order chi connectivity index (χ0) is 14.8. The molecule has 0 bridgehead atoms. The van der Waals surface area contributed by atoms with Crippen LogP contribution in [0.15, 0.2) is 5.16 Å². The summed E-state index contributed by atoms with van der Waals surface area (Å²) in [4.78, 5) is 9.11. The van der Waals surface area contributed by atoms with Crippen molar-refractivity contribution in [3.8, 4) is 0 Å². The molecule has 2 rings (SSSR count). The van der Waals surface area contributed by atoms with Gasteiger partial charge in [0.2, 0.25) is 0 Å². The Kier molecular flexibility index (Phi) is 5.04. The predicted molar refractivity (Wildman–Crippen MR) is 83.2 cm³/mol. The fourth-order valence-electron chi connectivity index (χ4n) is 2.53. The highest BCUT2D eigenvalue weighted by atomic mass is 32.2. The van der Waals surface area contributed by atoms with E-state index in [4.69, 9.17) is 0 Å². The lowest BCUT2D eigenvalue weighted by Crippen LogP contribution is -2.52. The Hall–Kier alpha value is -0.650. The van der Waals surface area contributed by atoms with E-state index < -0.39 is 0 Å². The van der Waals surface area contributed by atoms with E-state index in [1.54, 1.807) is 11.8 Å². The Morgan fingerprint density at radius 3 is 2.30 bits per heavy atom. The molecule has 0 spiro atoms. The molecule has 4 nitrogen and oxygen atoms in total. The van der Waals surface area contributed by atoms with Crippen LogP contribution in [0.5, 0.6) is 0 Å². The normalized spacial score (nSPS) is 18.1. The van der Waals surface area contributed by atoms with Gasteiger partial charge < -0.3 is 10.4 Å². The topological polar surface area (TPSA) is 58.0 Å². The maximum Gasteiger partial charge on any atom is 0.188 e. The predicted octanol–water partition coefficient (Wildman–Crippen LogP) is 2.24. The van der Waals surface area contributed by atoms with Crippen LogP contribution < -0.4 is 5.32 Å². The molecule has 5 heteroatoms. The highest BCUT2D eigenvalue weighted by molar-refractivity contribution is 7.99. The van der Waals surface area contributed by atoms with Crippen molar-refractivity contribution in [2.75, 3.05) is 18.9 Å². The molecule has 0 radical (unpaired) electrons. The number of aliphatic hydroxyl groups excluding tert-OH is 1. The molecule has 1 aromatic rings. The van der Waals surface area contributed by atoms with Crippen molar-refractivity contribution in [1.82, 2.24) is 15.3 Å². The lowest BCUT2D eigenvalue weighted by molar-refractivity contribution is 0.161. The molecule has 2 N–H and O–H groups in total. The molecule has 0 saturated heterocycles. The van der Waals surface area contributed by atoms with Crippen LogP contribution in [0.25, 0.3) is 0 Å². The Balaban J connectivity index is 2.09. The first kappa shape index (κ1) is 15.7. The van der Waals surface area contributed by atoms with Crippen LogP contribution in [0.3, 0.4) is 0 Å². The largest absolute Gasteiger partial charge is 0.394 e.